The van der Waals surface area contributed by atoms with Crippen molar-refractivity contribution >= 4 is 17.7 Å². The van der Waals surface area contributed by atoms with Crippen molar-refractivity contribution in [2.45, 2.75) is 82.8 Å². The van der Waals surface area contributed by atoms with E-state index < -0.39 is 40.7 Å². The van der Waals surface area contributed by atoms with Gasteiger partial charge in [0.25, 0.3) is 0 Å². The molecule has 0 radical (unpaired) electrons. The molecule has 6 atom stereocenters. The monoisotopic (exact) mass is 535 g/mol. The van der Waals surface area contributed by atoms with Gasteiger partial charge in [-0.3, -0.25) is 14.4 Å². The minimum Gasteiger partial charge on any atom is -0.394 e. The number of fused-ring (bicyclic) bond motifs is 2. The summed E-state index contributed by atoms with van der Waals surface area (Å²) in [6.45, 7) is 10.7. The third-order valence-corrected chi connectivity index (χ3v) is 9.06. The maximum Gasteiger partial charge on any atom is 0.249 e. The highest BCUT2D eigenvalue weighted by Crippen LogP contribution is 2.59. The van der Waals surface area contributed by atoms with Crippen molar-refractivity contribution in [1.29, 1.82) is 0 Å². The van der Waals surface area contributed by atoms with Crippen LogP contribution in [0.3, 0.4) is 0 Å². The fourth-order valence-electron chi connectivity index (χ4n) is 7.11. The molecule has 210 valence electrons. The van der Waals surface area contributed by atoms with E-state index in [1.165, 1.54) is 0 Å². The van der Waals surface area contributed by atoms with E-state index in [1.54, 1.807) is 14.7 Å². The minimum absolute atomic E-state index is 0.142. The first-order chi connectivity index (χ1) is 18.5. The smallest absolute Gasteiger partial charge is 0.249 e. The number of hydrogen-bond acceptors (Lipinski definition) is 5. The van der Waals surface area contributed by atoms with E-state index in [4.69, 9.17) is 4.74 Å². The van der Waals surface area contributed by atoms with E-state index >= 15 is 0 Å². The van der Waals surface area contributed by atoms with Crippen LogP contribution in [0.5, 0.6) is 0 Å². The Morgan fingerprint density at radius 3 is 2.28 bits per heavy atom. The summed E-state index contributed by atoms with van der Waals surface area (Å²) in [6, 6.07) is 8.29. The van der Waals surface area contributed by atoms with Crippen molar-refractivity contribution in [3.8, 4) is 0 Å². The molecule has 8 nitrogen and oxygen atoms in total. The first kappa shape index (κ1) is 27.6. The molecule has 5 rings (SSSR count). The molecule has 4 heterocycles. The highest BCUT2D eigenvalue weighted by molar-refractivity contribution is 6.00. The summed E-state index contributed by atoms with van der Waals surface area (Å²) in [5.41, 5.74) is -1.82. The molecule has 0 bridgehead atoms. The van der Waals surface area contributed by atoms with Crippen LogP contribution in [0.4, 0.5) is 0 Å². The Morgan fingerprint density at radius 1 is 0.974 bits per heavy atom. The van der Waals surface area contributed by atoms with Gasteiger partial charge < -0.3 is 24.5 Å². The number of aliphatic hydroxyl groups is 1. The minimum atomic E-state index is -1.31. The molecular formula is C31H41N3O5. The van der Waals surface area contributed by atoms with Gasteiger partial charge in [0.05, 0.1) is 30.1 Å². The predicted octanol–water partition coefficient (Wildman–Crippen LogP) is 2.91. The second kappa shape index (κ2) is 9.89. The zero-order chi connectivity index (χ0) is 28.2. The van der Waals surface area contributed by atoms with Crippen LogP contribution in [0, 0.1) is 11.8 Å². The summed E-state index contributed by atoms with van der Waals surface area (Å²) in [6.07, 6.45) is 8.67. The standard InChI is InChI=1S/C31H41N3O5/c1-6-22(20-35)34-25-28(38)33(29(3,4)5)18-12-16-31(25)24(27(34)37)23-26(36)32(19-21-13-9-8-10-14-21)17-11-15-30(23,7-2)39-31/h8-16,22-25,35H,6-7,17-20H2,1-5H3/t22-,23-,24-,25?,30+,31-/m0/s1. The molecule has 0 aromatic heterocycles. The summed E-state index contributed by atoms with van der Waals surface area (Å²) in [5.74, 6) is -2.32. The molecule has 4 aliphatic heterocycles. The molecule has 39 heavy (non-hydrogen) atoms. The van der Waals surface area contributed by atoms with E-state index in [9.17, 15) is 19.5 Å². The van der Waals surface area contributed by atoms with Crippen molar-refractivity contribution in [1.82, 2.24) is 14.7 Å². The number of amides is 3. The van der Waals surface area contributed by atoms with Crippen LogP contribution >= 0.6 is 0 Å². The van der Waals surface area contributed by atoms with Crippen molar-refractivity contribution in [3.63, 3.8) is 0 Å². The molecule has 2 fully saturated rings. The number of carbonyl (C=O) groups excluding carboxylic acids is 3. The molecule has 0 saturated carbocycles. The van der Waals surface area contributed by atoms with Gasteiger partial charge in [-0.25, -0.2) is 0 Å². The molecule has 2 saturated heterocycles. The van der Waals surface area contributed by atoms with Crippen LogP contribution in [0.15, 0.2) is 54.6 Å². The van der Waals surface area contributed by atoms with Gasteiger partial charge in [0.1, 0.15) is 11.6 Å². The second-order valence-corrected chi connectivity index (χ2v) is 12.2. The van der Waals surface area contributed by atoms with Gasteiger partial charge in [0, 0.05) is 25.2 Å². The zero-order valence-electron chi connectivity index (χ0n) is 23.7. The van der Waals surface area contributed by atoms with Gasteiger partial charge in [0.2, 0.25) is 17.7 Å². The van der Waals surface area contributed by atoms with Gasteiger partial charge in [-0.15, -0.1) is 0 Å². The molecule has 1 aromatic carbocycles. The van der Waals surface area contributed by atoms with Crippen LogP contribution in [-0.2, 0) is 25.7 Å². The molecule has 4 aliphatic rings. The first-order valence-electron chi connectivity index (χ1n) is 14.2. The normalized spacial score (nSPS) is 33.1. The molecular weight excluding hydrogens is 494 g/mol. The van der Waals surface area contributed by atoms with Crippen molar-refractivity contribution < 1.29 is 24.2 Å². The Bertz CT molecular complexity index is 1190. The third-order valence-electron chi connectivity index (χ3n) is 9.06. The quantitative estimate of drug-likeness (QED) is 0.566. The lowest BCUT2D eigenvalue weighted by atomic mass is 9.73. The maximum absolute atomic E-state index is 14.5. The van der Waals surface area contributed by atoms with Crippen LogP contribution in [0.25, 0.3) is 0 Å². The van der Waals surface area contributed by atoms with Crippen molar-refractivity contribution in [2.24, 2.45) is 11.8 Å². The number of aliphatic hydroxyl groups excluding tert-OH is 1. The Morgan fingerprint density at radius 2 is 1.67 bits per heavy atom. The molecule has 3 amide bonds. The summed E-state index contributed by atoms with van der Waals surface area (Å²) in [5, 5.41) is 10.3. The molecule has 0 aliphatic carbocycles. The van der Waals surface area contributed by atoms with Crippen LogP contribution in [0.2, 0.25) is 0 Å². The van der Waals surface area contributed by atoms with E-state index in [0.717, 1.165) is 5.56 Å². The maximum atomic E-state index is 14.5. The average molecular weight is 536 g/mol. The van der Waals surface area contributed by atoms with E-state index in [-0.39, 0.29) is 24.3 Å². The number of benzene rings is 1. The molecule has 1 N–H and O–H groups in total. The molecule has 1 aromatic rings. The highest BCUT2D eigenvalue weighted by Gasteiger charge is 2.76. The van der Waals surface area contributed by atoms with Gasteiger partial charge in [0.15, 0.2) is 0 Å². The molecule has 1 unspecified atom stereocenters. The number of nitrogens with zero attached hydrogens (tertiary/aromatic N) is 3. The zero-order valence-corrected chi connectivity index (χ0v) is 23.7. The average Bonchev–Trinajstić information content (AvgIpc) is 3.20. The Kier molecular flexibility index (Phi) is 7.00. The van der Waals surface area contributed by atoms with Crippen LogP contribution in [-0.4, -0.2) is 86.0 Å². The third kappa shape index (κ3) is 4.14. The van der Waals surface area contributed by atoms with E-state index in [2.05, 4.69) is 0 Å². The first-order valence-corrected chi connectivity index (χ1v) is 14.2. The van der Waals surface area contributed by atoms with Crippen LogP contribution in [0.1, 0.15) is 53.0 Å². The van der Waals surface area contributed by atoms with Crippen molar-refractivity contribution in [2.75, 3.05) is 19.7 Å². The van der Waals surface area contributed by atoms with Crippen molar-refractivity contribution in [3.05, 3.63) is 60.2 Å². The van der Waals surface area contributed by atoms with Gasteiger partial charge >= 0.3 is 0 Å². The summed E-state index contributed by atoms with van der Waals surface area (Å²) < 4.78 is 7.01. The van der Waals surface area contributed by atoms with E-state index in [1.807, 2.05) is 89.3 Å². The fraction of sp³-hybridized carbons (Fsp3) is 0.581. The van der Waals surface area contributed by atoms with Gasteiger partial charge in [-0.1, -0.05) is 68.5 Å². The number of hydrogen-bond donors (Lipinski definition) is 1. The lowest BCUT2D eigenvalue weighted by Crippen LogP contribution is -2.61. The van der Waals surface area contributed by atoms with Gasteiger partial charge in [-0.2, -0.15) is 0 Å². The highest BCUT2D eigenvalue weighted by atomic mass is 16.5. The Balaban J connectivity index is 1.65. The largest absolute Gasteiger partial charge is 0.394 e. The Labute approximate surface area is 231 Å². The topological polar surface area (TPSA) is 90.4 Å². The van der Waals surface area contributed by atoms with E-state index in [0.29, 0.717) is 32.5 Å². The summed E-state index contributed by atoms with van der Waals surface area (Å²) in [4.78, 5) is 48.4. The molecule has 1 spiro atoms. The second-order valence-electron chi connectivity index (χ2n) is 12.2. The van der Waals surface area contributed by atoms with Gasteiger partial charge in [-0.05, 0) is 39.2 Å². The summed E-state index contributed by atoms with van der Waals surface area (Å²) in [7, 11) is 0. The number of likely N-dealkylation sites (tertiary alicyclic amines) is 1. The Hall–Kier alpha value is -2.97. The lowest BCUT2D eigenvalue weighted by molar-refractivity contribution is -0.159. The SMILES string of the molecule is CC[C@@H](CO)N1C(=O)[C@@H]2[C@H]3C(=O)N(Cc4ccccc4)CC=C[C@@]3(CC)O[C@@]23C=CCN(C(C)(C)C)C(=O)C13. The number of carbonyl (C=O) groups is 3. The van der Waals surface area contributed by atoms with Crippen LogP contribution < -0.4 is 0 Å². The summed E-state index contributed by atoms with van der Waals surface area (Å²) >= 11 is 0. The molecule has 8 heteroatoms. The lowest BCUT2D eigenvalue weighted by Gasteiger charge is -2.43. The number of ether oxygens (including phenoxy) is 1. The predicted molar refractivity (Wildman–Crippen MR) is 147 cm³/mol. The number of rotatable bonds is 6. The fourth-order valence-corrected chi connectivity index (χ4v) is 7.11.